The fourth-order valence-electron chi connectivity index (χ4n) is 1.66. The van der Waals surface area contributed by atoms with Gasteiger partial charge in [0.25, 0.3) is 0 Å². The predicted molar refractivity (Wildman–Crippen MR) is 68.1 cm³/mol. The summed E-state index contributed by atoms with van der Waals surface area (Å²) in [5.41, 5.74) is 7.66. The number of hydrogen-bond donors (Lipinski definition) is 2. The maximum Gasteiger partial charge on any atom is 0.134 e. The zero-order valence-electron chi connectivity index (χ0n) is 8.63. The first-order chi connectivity index (χ1) is 7.15. The van der Waals surface area contributed by atoms with Crippen LogP contribution in [0, 0.1) is 6.92 Å². The fourth-order valence-corrected chi connectivity index (χ4v) is 2.19. The molecule has 0 aliphatic heterocycles. The Morgan fingerprint density at radius 2 is 2.13 bits per heavy atom. The molecule has 1 aromatic carbocycles. The Kier molecular flexibility index (Phi) is 2.52. The number of nitrogens with zero attached hydrogens (tertiary/aromatic N) is 1. The minimum atomic E-state index is 0.765. The van der Waals surface area contributed by atoms with E-state index in [1.807, 2.05) is 32.2 Å². The lowest BCUT2D eigenvalue weighted by molar-refractivity contribution is 1.19. The first-order valence-electron chi connectivity index (χ1n) is 4.67. The molecule has 3 N–H and O–H groups in total. The summed E-state index contributed by atoms with van der Waals surface area (Å²) in [5.74, 6) is 0.859. The zero-order valence-corrected chi connectivity index (χ0v) is 10.2. The second-order valence-corrected chi connectivity index (χ2v) is 4.17. The van der Waals surface area contributed by atoms with Crippen molar-refractivity contribution in [2.45, 2.75) is 6.92 Å². The number of halogens is 1. The number of nitrogens with one attached hydrogen (secondary N) is 1. The van der Waals surface area contributed by atoms with Crippen LogP contribution in [0.25, 0.3) is 10.8 Å². The molecule has 1 aromatic heterocycles. The van der Waals surface area contributed by atoms with Gasteiger partial charge >= 0.3 is 0 Å². The van der Waals surface area contributed by atoms with Crippen molar-refractivity contribution in [3.63, 3.8) is 0 Å². The van der Waals surface area contributed by atoms with Crippen molar-refractivity contribution >= 4 is 38.2 Å². The molecule has 0 fully saturated rings. The Bertz CT molecular complexity index is 523. The Morgan fingerprint density at radius 3 is 2.80 bits per heavy atom. The number of benzene rings is 1. The lowest BCUT2D eigenvalue weighted by Gasteiger charge is -2.11. The number of anilines is 2. The molecule has 78 valence electrons. The van der Waals surface area contributed by atoms with E-state index in [9.17, 15) is 0 Å². The van der Waals surface area contributed by atoms with Crippen LogP contribution in [0.3, 0.4) is 0 Å². The van der Waals surface area contributed by atoms with E-state index in [2.05, 4.69) is 26.2 Å². The summed E-state index contributed by atoms with van der Waals surface area (Å²) in [4.78, 5) is 4.45. The highest BCUT2D eigenvalue weighted by Crippen LogP contribution is 2.34. The quantitative estimate of drug-likeness (QED) is 0.780. The summed E-state index contributed by atoms with van der Waals surface area (Å²) in [6.45, 7) is 1.96. The molecule has 0 bridgehead atoms. The highest BCUT2D eigenvalue weighted by molar-refractivity contribution is 9.10. The van der Waals surface area contributed by atoms with Crippen LogP contribution in [0.5, 0.6) is 0 Å². The number of pyridine rings is 1. The molecule has 4 heteroatoms. The molecule has 0 atom stereocenters. The molecule has 0 saturated carbocycles. The van der Waals surface area contributed by atoms with Gasteiger partial charge in [-0.1, -0.05) is 12.1 Å². The number of hydrogen-bond acceptors (Lipinski definition) is 3. The van der Waals surface area contributed by atoms with Crippen molar-refractivity contribution < 1.29 is 0 Å². The maximum absolute atomic E-state index is 5.96. The third-order valence-electron chi connectivity index (χ3n) is 2.41. The van der Waals surface area contributed by atoms with E-state index in [0.717, 1.165) is 32.4 Å². The van der Waals surface area contributed by atoms with Crippen LogP contribution in [0.2, 0.25) is 0 Å². The van der Waals surface area contributed by atoms with Crippen molar-refractivity contribution in [1.29, 1.82) is 0 Å². The van der Waals surface area contributed by atoms with E-state index in [-0.39, 0.29) is 0 Å². The van der Waals surface area contributed by atoms with Gasteiger partial charge in [0.2, 0.25) is 0 Å². The standard InChI is InChI=1S/C11H12BrN3/c1-6-10(12)9-7(11(14-2)15-6)4-3-5-8(9)13/h3-5H,13H2,1-2H3,(H,14,15). The second kappa shape index (κ2) is 3.70. The minimum absolute atomic E-state index is 0.765. The van der Waals surface area contributed by atoms with E-state index < -0.39 is 0 Å². The van der Waals surface area contributed by atoms with Crippen LogP contribution in [0.4, 0.5) is 11.5 Å². The number of aromatic nitrogens is 1. The number of rotatable bonds is 1. The number of nitrogens with two attached hydrogens (primary N) is 1. The summed E-state index contributed by atoms with van der Waals surface area (Å²) < 4.78 is 0.967. The van der Waals surface area contributed by atoms with Crippen LogP contribution < -0.4 is 11.1 Å². The molecular formula is C11H12BrN3. The van der Waals surface area contributed by atoms with E-state index in [1.54, 1.807) is 0 Å². The Labute approximate surface area is 96.8 Å². The van der Waals surface area contributed by atoms with Gasteiger partial charge in [-0.2, -0.15) is 0 Å². The highest BCUT2D eigenvalue weighted by Gasteiger charge is 2.10. The van der Waals surface area contributed by atoms with Crippen LogP contribution >= 0.6 is 15.9 Å². The topological polar surface area (TPSA) is 50.9 Å². The molecule has 0 aliphatic rings. The predicted octanol–water partition coefficient (Wildman–Crippen LogP) is 2.93. The molecular weight excluding hydrogens is 254 g/mol. The maximum atomic E-state index is 5.96. The lowest BCUT2D eigenvalue weighted by atomic mass is 10.1. The first kappa shape index (κ1) is 10.2. The zero-order chi connectivity index (χ0) is 11.0. The average Bonchev–Trinajstić information content (AvgIpc) is 2.23. The molecule has 15 heavy (non-hydrogen) atoms. The van der Waals surface area contributed by atoms with Gasteiger partial charge in [-0.3, -0.25) is 0 Å². The van der Waals surface area contributed by atoms with Crippen LogP contribution in [-0.4, -0.2) is 12.0 Å². The summed E-state index contributed by atoms with van der Waals surface area (Å²) in [6, 6.07) is 5.84. The number of nitrogen functional groups attached to an aromatic ring is 1. The van der Waals surface area contributed by atoms with Crippen molar-refractivity contribution in [3.8, 4) is 0 Å². The van der Waals surface area contributed by atoms with Gasteiger partial charge in [0.05, 0.1) is 5.69 Å². The van der Waals surface area contributed by atoms with E-state index >= 15 is 0 Å². The number of aryl methyl sites for hydroxylation is 1. The van der Waals surface area contributed by atoms with Gasteiger partial charge in [-0.15, -0.1) is 0 Å². The monoisotopic (exact) mass is 265 g/mol. The van der Waals surface area contributed by atoms with Crippen LogP contribution in [-0.2, 0) is 0 Å². The van der Waals surface area contributed by atoms with Crippen molar-refractivity contribution in [3.05, 3.63) is 28.4 Å². The van der Waals surface area contributed by atoms with Crippen LogP contribution in [0.1, 0.15) is 5.69 Å². The molecule has 0 radical (unpaired) electrons. The Balaban J connectivity index is 2.96. The van der Waals surface area contributed by atoms with Gasteiger partial charge in [-0.25, -0.2) is 4.98 Å². The van der Waals surface area contributed by atoms with E-state index in [0.29, 0.717) is 0 Å². The van der Waals surface area contributed by atoms with Crippen LogP contribution in [0.15, 0.2) is 22.7 Å². The molecule has 0 unspecified atom stereocenters. The summed E-state index contributed by atoms with van der Waals surface area (Å²) in [6.07, 6.45) is 0. The molecule has 2 rings (SSSR count). The molecule has 0 spiro atoms. The normalized spacial score (nSPS) is 10.6. The minimum Gasteiger partial charge on any atom is -0.398 e. The second-order valence-electron chi connectivity index (χ2n) is 3.38. The third kappa shape index (κ3) is 1.55. The average molecular weight is 266 g/mol. The Morgan fingerprint density at radius 1 is 1.40 bits per heavy atom. The van der Waals surface area contributed by atoms with Crippen molar-refractivity contribution in [1.82, 2.24) is 4.98 Å². The molecule has 0 amide bonds. The molecule has 0 saturated heterocycles. The molecule has 3 nitrogen and oxygen atoms in total. The SMILES string of the molecule is CNc1nc(C)c(Br)c2c(N)cccc12. The van der Waals surface area contributed by atoms with E-state index in [4.69, 9.17) is 5.73 Å². The molecule has 0 aliphatic carbocycles. The summed E-state index contributed by atoms with van der Waals surface area (Å²) in [5, 5.41) is 5.14. The third-order valence-corrected chi connectivity index (χ3v) is 3.38. The Hall–Kier alpha value is -1.29. The van der Waals surface area contributed by atoms with Gasteiger partial charge in [0, 0.05) is 28.0 Å². The van der Waals surface area contributed by atoms with Crippen molar-refractivity contribution in [2.75, 3.05) is 18.1 Å². The largest absolute Gasteiger partial charge is 0.398 e. The highest BCUT2D eigenvalue weighted by atomic mass is 79.9. The summed E-state index contributed by atoms with van der Waals surface area (Å²) in [7, 11) is 1.86. The van der Waals surface area contributed by atoms with Gasteiger partial charge in [0.15, 0.2) is 0 Å². The molecule has 2 aromatic rings. The fraction of sp³-hybridized carbons (Fsp3) is 0.182. The van der Waals surface area contributed by atoms with Gasteiger partial charge < -0.3 is 11.1 Å². The lowest BCUT2D eigenvalue weighted by Crippen LogP contribution is -1.98. The van der Waals surface area contributed by atoms with Gasteiger partial charge in [0.1, 0.15) is 5.82 Å². The van der Waals surface area contributed by atoms with Crippen molar-refractivity contribution in [2.24, 2.45) is 0 Å². The molecule has 1 heterocycles. The first-order valence-corrected chi connectivity index (χ1v) is 5.46. The number of fused-ring (bicyclic) bond motifs is 1. The van der Waals surface area contributed by atoms with E-state index in [1.165, 1.54) is 0 Å². The summed E-state index contributed by atoms with van der Waals surface area (Å²) >= 11 is 3.52. The van der Waals surface area contributed by atoms with Gasteiger partial charge in [-0.05, 0) is 28.9 Å². The smallest absolute Gasteiger partial charge is 0.134 e.